The van der Waals surface area contributed by atoms with E-state index < -0.39 is 43.4 Å². The van der Waals surface area contributed by atoms with Crippen LogP contribution in [0.3, 0.4) is 0 Å². The zero-order valence-corrected chi connectivity index (χ0v) is 13.1. The molecule has 2 N–H and O–H groups in total. The van der Waals surface area contributed by atoms with Crippen molar-refractivity contribution in [3.63, 3.8) is 0 Å². The highest BCUT2D eigenvalue weighted by Gasteiger charge is 2.27. The molecular weight excluding hydrogens is 366 g/mol. The number of nitro groups is 3. The number of nitro benzene ring substituents is 3. The molecule has 0 aliphatic heterocycles. The van der Waals surface area contributed by atoms with Gasteiger partial charge in [0.1, 0.15) is 0 Å². The smallest absolute Gasteiger partial charge is 0.318 e. The number of phenolic OH excluding ortho intramolecular Hbond substituents is 1. The second kappa shape index (κ2) is 7.64. The lowest BCUT2D eigenvalue weighted by Gasteiger charge is -2.04. The SMILES string of the molecule is O=C(N/N=C\c1ccccc1[N+](=O)[O-])c1cc([N+](=O)[O-])cc([N+](=O)[O-])c1O. The van der Waals surface area contributed by atoms with Crippen LogP contribution in [0.1, 0.15) is 15.9 Å². The Morgan fingerprint density at radius 1 is 1.00 bits per heavy atom. The number of non-ortho nitro benzene ring substituents is 1. The van der Waals surface area contributed by atoms with Crippen molar-refractivity contribution in [1.82, 2.24) is 5.43 Å². The first-order valence-electron chi connectivity index (χ1n) is 6.95. The molecule has 2 aromatic carbocycles. The van der Waals surface area contributed by atoms with Crippen molar-refractivity contribution in [2.24, 2.45) is 5.10 Å². The summed E-state index contributed by atoms with van der Waals surface area (Å²) in [7, 11) is 0. The van der Waals surface area contributed by atoms with Gasteiger partial charge in [-0.05, 0) is 6.07 Å². The number of hydrazone groups is 1. The summed E-state index contributed by atoms with van der Waals surface area (Å²) >= 11 is 0. The number of nitrogens with zero attached hydrogens (tertiary/aromatic N) is 4. The Balaban J connectivity index is 2.32. The molecular formula is C14H9N5O8. The third kappa shape index (κ3) is 4.16. The second-order valence-electron chi connectivity index (χ2n) is 4.89. The summed E-state index contributed by atoms with van der Waals surface area (Å²) in [4.78, 5) is 41.9. The van der Waals surface area contributed by atoms with Gasteiger partial charge in [-0.1, -0.05) is 12.1 Å². The van der Waals surface area contributed by atoms with Crippen molar-refractivity contribution in [2.75, 3.05) is 0 Å². The molecule has 0 aliphatic rings. The number of benzene rings is 2. The molecule has 0 aliphatic carbocycles. The number of amides is 1. The number of aromatic hydroxyl groups is 1. The lowest BCUT2D eigenvalue weighted by molar-refractivity contribution is -0.394. The molecule has 13 nitrogen and oxygen atoms in total. The molecule has 0 unspecified atom stereocenters. The topological polar surface area (TPSA) is 191 Å². The van der Waals surface area contributed by atoms with E-state index in [2.05, 4.69) is 5.10 Å². The minimum atomic E-state index is -1.19. The molecule has 2 aromatic rings. The average Bonchev–Trinajstić information content (AvgIpc) is 2.61. The van der Waals surface area contributed by atoms with Crippen molar-refractivity contribution in [1.29, 1.82) is 0 Å². The van der Waals surface area contributed by atoms with Crippen molar-refractivity contribution < 1.29 is 24.7 Å². The first kappa shape index (κ1) is 18.9. The van der Waals surface area contributed by atoms with Gasteiger partial charge in [0.2, 0.25) is 5.75 Å². The number of para-hydroxylation sites is 1. The number of carbonyl (C=O) groups excluding carboxylic acids is 1. The average molecular weight is 375 g/mol. The van der Waals surface area contributed by atoms with Crippen LogP contribution in [0.25, 0.3) is 0 Å². The van der Waals surface area contributed by atoms with Crippen molar-refractivity contribution in [3.8, 4) is 5.75 Å². The highest BCUT2D eigenvalue weighted by molar-refractivity contribution is 5.99. The van der Waals surface area contributed by atoms with E-state index in [1.165, 1.54) is 24.3 Å². The van der Waals surface area contributed by atoms with Gasteiger partial charge in [-0.15, -0.1) is 0 Å². The van der Waals surface area contributed by atoms with Crippen LogP contribution in [0, 0.1) is 30.3 Å². The lowest BCUT2D eigenvalue weighted by Crippen LogP contribution is -2.18. The van der Waals surface area contributed by atoms with E-state index in [-0.39, 0.29) is 11.3 Å². The first-order chi connectivity index (χ1) is 12.7. The molecule has 13 heteroatoms. The van der Waals surface area contributed by atoms with Crippen LogP contribution in [-0.2, 0) is 0 Å². The Hall–Kier alpha value is -4.42. The molecule has 1 amide bonds. The predicted molar refractivity (Wildman–Crippen MR) is 89.6 cm³/mol. The second-order valence-corrected chi connectivity index (χ2v) is 4.89. The van der Waals surface area contributed by atoms with Gasteiger partial charge in [0.05, 0.1) is 38.2 Å². The summed E-state index contributed by atoms with van der Waals surface area (Å²) in [6.45, 7) is 0. The molecule has 138 valence electrons. The molecule has 0 radical (unpaired) electrons. The largest absolute Gasteiger partial charge is 0.502 e. The fourth-order valence-corrected chi connectivity index (χ4v) is 2.01. The number of hydrogen-bond acceptors (Lipinski definition) is 9. The van der Waals surface area contributed by atoms with Gasteiger partial charge in [-0.2, -0.15) is 5.10 Å². The Kier molecular flexibility index (Phi) is 5.35. The van der Waals surface area contributed by atoms with Gasteiger partial charge in [0, 0.05) is 12.1 Å². The van der Waals surface area contributed by atoms with E-state index in [0.29, 0.717) is 12.1 Å². The molecule has 0 spiro atoms. The van der Waals surface area contributed by atoms with Crippen molar-refractivity contribution in [2.45, 2.75) is 0 Å². The van der Waals surface area contributed by atoms with E-state index in [9.17, 15) is 40.2 Å². The Bertz CT molecular complexity index is 987. The minimum absolute atomic E-state index is 0.0528. The van der Waals surface area contributed by atoms with Crippen LogP contribution in [0.4, 0.5) is 17.1 Å². The van der Waals surface area contributed by atoms with Gasteiger partial charge in [-0.25, -0.2) is 5.43 Å². The number of rotatable bonds is 6. The molecule has 0 bridgehead atoms. The number of nitrogens with one attached hydrogen (secondary N) is 1. The number of hydrogen-bond donors (Lipinski definition) is 2. The molecule has 0 atom stereocenters. The van der Waals surface area contributed by atoms with Crippen molar-refractivity contribution in [3.05, 3.63) is 77.9 Å². The van der Waals surface area contributed by atoms with Gasteiger partial charge < -0.3 is 5.11 Å². The quantitative estimate of drug-likeness (QED) is 0.434. The monoisotopic (exact) mass is 375 g/mol. The minimum Gasteiger partial charge on any atom is -0.502 e. The Morgan fingerprint density at radius 2 is 1.63 bits per heavy atom. The fourth-order valence-electron chi connectivity index (χ4n) is 2.01. The van der Waals surface area contributed by atoms with Gasteiger partial charge >= 0.3 is 5.69 Å². The van der Waals surface area contributed by atoms with E-state index >= 15 is 0 Å². The molecule has 0 heterocycles. The maximum absolute atomic E-state index is 12.1. The first-order valence-corrected chi connectivity index (χ1v) is 6.95. The third-order valence-electron chi connectivity index (χ3n) is 3.23. The highest BCUT2D eigenvalue weighted by Crippen LogP contribution is 2.34. The van der Waals surface area contributed by atoms with Crippen LogP contribution in [0.5, 0.6) is 5.75 Å². The number of carbonyl (C=O) groups is 1. The fraction of sp³-hybridized carbons (Fsp3) is 0. The molecule has 27 heavy (non-hydrogen) atoms. The summed E-state index contributed by atoms with van der Waals surface area (Å²) in [5.41, 5.74) is -0.915. The molecule has 0 aromatic heterocycles. The molecule has 2 rings (SSSR count). The molecule has 0 saturated carbocycles. The van der Waals surface area contributed by atoms with Crippen LogP contribution < -0.4 is 5.43 Å². The third-order valence-corrected chi connectivity index (χ3v) is 3.23. The maximum atomic E-state index is 12.1. The molecule has 0 saturated heterocycles. The Morgan fingerprint density at radius 3 is 2.22 bits per heavy atom. The normalized spacial score (nSPS) is 10.5. The van der Waals surface area contributed by atoms with Gasteiger partial charge in [0.25, 0.3) is 17.3 Å². The van der Waals surface area contributed by atoms with Crippen molar-refractivity contribution >= 4 is 29.2 Å². The number of phenols is 1. The zero-order chi connectivity index (χ0) is 20.1. The standard InChI is InChI=1S/C14H9N5O8/c20-13-10(5-9(17(22)23)6-12(13)19(26)27)14(21)16-15-7-8-3-1-2-4-11(8)18(24)25/h1-7,20H,(H,16,21)/b15-7-. The predicted octanol–water partition coefficient (Wildman–Crippen LogP) is 1.88. The van der Waals surface area contributed by atoms with Crippen LogP contribution in [-0.4, -0.2) is 32.0 Å². The van der Waals surface area contributed by atoms with Crippen LogP contribution >= 0.6 is 0 Å². The van der Waals surface area contributed by atoms with Gasteiger partial charge in [-0.3, -0.25) is 35.1 Å². The van der Waals surface area contributed by atoms with Crippen LogP contribution in [0.2, 0.25) is 0 Å². The van der Waals surface area contributed by atoms with E-state index in [4.69, 9.17) is 0 Å². The van der Waals surface area contributed by atoms with Crippen LogP contribution in [0.15, 0.2) is 41.5 Å². The molecule has 0 fully saturated rings. The zero-order valence-electron chi connectivity index (χ0n) is 13.1. The maximum Gasteiger partial charge on any atom is 0.318 e. The highest BCUT2D eigenvalue weighted by atomic mass is 16.6. The Labute approximate surface area is 149 Å². The van der Waals surface area contributed by atoms with E-state index in [1.807, 2.05) is 5.43 Å². The van der Waals surface area contributed by atoms with E-state index in [0.717, 1.165) is 6.21 Å². The van der Waals surface area contributed by atoms with Gasteiger partial charge in [0.15, 0.2) is 0 Å². The summed E-state index contributed by atoms with van der Waals surface area (Å²) < 4.78 is 0. The summed E-state index contributed by atoms with van der Waals surface area (Å²) in [6, 6.07) is 6.61. The van der Waals surface area contributed by atoms with E-state index in [1.54, 1.807) is 0 Å². The summed E-state index contributed by atoms with van der Waals surface area (Å²) in [6.07, 6.45) is 0.943. The summed E-state index contributed by atoms with van der Waals surface area (Å²) in [5, 5.41) is 45.9. The lowest BCUT2D eigenvalue weighted by atomic mass is 10.1. The summed E-state index contributed by atoms with van der Waals surface area (Å²) in [5.74, 6) is -2.27.